The summed E-state index contributed by atoms with van der Waals surface area (Å²) in [5.41, 5.74) is 2.16. The molecule has 0 N–H and O–H groups in total. The normalized spacial score (nSPS) is 16.0. The summed E-state index contributed by atoms with van der Waals surface area (Å²) in [6.07, 6.45) is 0. The van der Waals surface area contributed by atoms with Crippen molar-refractivity contribution in [3.63, 3.8) is 0 Å². The largest absolute Gasteiger partial charge is 0.369 e. The number of nitrogens with zero attached hydrogens (tertiary/aromatic N) is 4. The van der Waals surface area contributed by atoms with Gasteiger partial charge in [-0.2, -0.15) is 4.31 Å². The van der Waals surface area contributed by atoms with E-state index < -0.39 is 10.0 Å². The molecule has 0 amide bonds. The van der Waals surface area contributed by atoms with Crippen molar-refractivity contribution in [2.24, 2.45) is 14.1 Å². The third kappa shape index (κ3) is 3.11. The fourth-order valence-corrected chi connectivity index (χ4v) is 5.20. The van der Waals surface area contributed by atoms with Crippen LogP contribution in [0, 0.1) is 0 Å². The maximum atomic E-state index is 13.1. The molecule has 1 aliphatic heterocycles. The molecule has 2 aromatic carbocycles. The molecule has 3 aromatic rings. The standard InChI is InChI=1S/C19H21ClN4O3S/c1-21-17-8-7-16(13-18(17)22(2)19(21)25)28(26,27)24-11-9-23(10-12-24)15-5-3-14(20)4-6-15/h3-8,13H,9-12H2,1-2H3. The number of piperazine rings is 1. The highest BCUT2D eigenvalue weighted by molar-refractivity contribution is 7.89. The molecule has 0 radical (unpaired) electrons. The maximum Gasteiger partial charge on any atom is 0.328 e. The van der Waals surface area contributed by atoms with Crippen molar-refractivity contribution >= 4 is 38.3 Å². The second-order valence-corrected chi connectivity index (χ2v) is 9.29. The van der Waals surface area contributed by atoms with Gasteiger partial charge in [0.2, 0.25) is 10.0 Å². The van der Waals surface area contributed by atoms with E-state index in [0.29, 0.717) is 42.2 Å². The molecule has 0 bridgehead atoms. The number of hydrogen-bond donors (Lipinski definition) is 0. The molecule has 0 aliphatic carbocycles. The molecule has 148 valence electrons. The quantitative estimate of drug-likeness (QED) is 0.650. The fourth-order valence-electron chi connectivity index (χ4n) is 3.63. The second kappa shape index (κ2) is 6.95. The number of benzene rings is 2. The summed E-state index contributed by atoms with van der Waals surface area (Å²) < 4.78 is 30.7. The molecule has 0 spiro atoms. The van der Waals surface area contributed by atoms with E-state index in [1.54, 1.807) is 32.3 Å². The molecular formula is C19H21ClN4O3S. The van der Waals surface area contributed by atoms with Crippen LogP contribution < -0.4 is 10.6 Å². The van der Waals surface area contributed by atoms with Gasteiger partial charge >= 0.3 is 5.69 Å². The van der Waals surface area contributed by atoms with Crippen LogP contribution in [0.1, 0.15) is 0 Å². The number of rotatable bonds is 3. The van der Waals surface area contributed by atoms with Crippen LogP contribution in [0.5, 0.6) is 0 Å². The third-order valence-electron chi connectivity index (χ3n) is 5.31. The number of imidazole rings is 1. The number of sulfonamides is 1. The van der Waals surface area contributed by atoms with Crippen molar-refractivity contribution in [1.29, 1.82) is 0 Å². The molecule has 28 heavy (non-hydrogen) atoms. The molecule has 1 saturated heterocycles. The van der Waals surface area contributed by atoms with Crippen molar-refractivity contribution in [3.05, 3.63) is 58.0 Å². The summed E-state index contributed by atoms with van der Waals surface area (Å²) in [5.74, 6) is 0. The minimum atomic E-state index is -3.63. The van der Waals surface area contributed by atoms with Crippen LogP contribution >= 0.6 is 11.6 Å². The van der Waals surface area contributed by atoms with E-state index in [1.807, 2.05) is 24.3 Å². The predicted octanol–water partition coefficient (Wildman–Crippen LogP) is 2.04. The Kier molecular flexibility index (Phi) is 4.73. The zero-order valence-corrected chi connectivity index (χ0v) is 17.2. The maximum absolute atomic E-state index is 13.1. The molecule has 9 heteroatoms. The van der Waals surface area contributed by atoms with Crippen LogP contribution in [0.25, 0.3) is 11.0 Å². The molecule has 4 rings (SSSR count). The molecule has 2 heterocycles. The van der Waals surface area contributed by atoms with Gasteiger partial charge in [-0.15, -0.1) is 0 Å². The average molecular weight is 421 g/mol. The van der Waals surface area contributed by atoms with Gasteiger partial charge in [-0.05, 0) is 42.5 Å². The van der Waals surface area contributed by atoms with Crippen LogP contribution in [0.15, 0.2) is 52.2 Å². The average Bonchev–Trinajstić information content (AvgIpc) is 2.92. The van der Waals surface area contributed by atoms with Crippen LogP contribution in [0.2, 0.25) is 5.02 Å². The predicted molar refractivity (Wildman–Crippen MR) is 111 cm³/mol. The Labute approximate surface area is 168 Å². The van der Waals surface area contributed by atoms with E-state index in [4.69, 9.17) is 11.6 Å². The topological polar surface area (TPSA) is 67.5 Å². The molecule has 0 saturated carbocycles. The minimum Gasteiger partial charge on any atom is -0.369 e. The van der Waals surface area contributed by atoms with Gasteiger partial charge in [-0.1, -0.05) is 11.6 Å². The lowest BCUT2D eigenvalue weighted by Gasteiger charge is -2.35. The number of anilines is 1. The van der Waals surface area contributed by atoms with E-state index in [9.17, 15) is 13.2 Å². The van der Waals surface area contributed by atoms with Gasteiger partial charge in [0.25, 0.3) is 0 Å². The zero-order chi connectivity index (χ0) is 20.1. The van der Waals surface area contributed by atoms with Crippen LogP contribution in [-0.4, -0.2) is 48.0 Å². The summed E-state index contributed by atoms with van der Waals surface area (Å²) in [6.45, 7) is 2.01. The first-order chi connectivity index (χ1) is 13.3. The SMILES string of the molecule is Cn1c(=O)n(C)c2cc(S(=O)(=O)N3CCN(c4ccc(Cl)cc4)CC3)ccc21. The summed E-state index contributed by atoms with van der Waals surface area (Å²) in [4.78, 5) is 14.4. The highest BCUT2D eigenvalue weighted by Crippen LogP contribution is 2.24. The molecule has 1 fully saturated rings. The van der Waals surface area contributed by atoms with Gasteiger partial charge in [0.15, 0.2) is 0 Å². The number of hydrogen-bond acceptors (Lipinski definition) is 4. The van der Waals surface area contributed by atoms with Crippen molar-refractivity contribution < 1.29 is 8.42 Å². The summed E-state index contributed by atoms with van der Waals surface area (Å²) in [7, 11) is -0.305. The molecular weight excluding hydrogens is 400 g/mol. The Balaban J connectivity index is 1.58. The fraction of sp³-hybridized carbons (Fsp3) is 0.316. The van der Waals surface area contributed by atoms with Gasteiger partial charge in [0.05, 0.1) is 15.9 Å². The Morgan fingerprint density at radius 1 is 0.857 bits per heavy atom. The van der Waals surface area contributed by atoms with E-state index in [0.717, 1.165) is 5.69 Å². The molecule has 7 nitrogen and oxygen atoms in total. The van der Waals surface area contributed by atoms with Crippen molar-refractivity contribution in [2.75, 3.05) is 31.1 Å². The van der Waals surface area contributed by atoms with Crippen LogP contribution in [0.3, 0.4) is 0 Å². The van der Waals surface area contributed by atoms with Crippen LogP contribution in [-0.2, 0) is 24.1 Å². The van der Waals surface area contributed by atoms with Gasteiger partial charge < -0.3 is 4.90 Å². The van der Waals surface area contributed by atoms with E-state index in [1.165, 1.54) is 13.4 Å². The monoisotopic (exact) mass is 420 g/mol. The van der Waals surface area contributed by atoms with Gasteiger partial charge in [-0.25, -0.2) is 13.2 Å². The Morgan fingerprint density at radius 2 is 1.46 bits per heavy atom. The lowest BCUT2D eigenvalue weighted by atomic mass is 10.2. The Morgan fingerprint density at radius 3 is 2.11 bits per heavy atom. The first-order valence-electron chi connectivity index (χ1n) is 8.95. The van der Waals surface area contributed by atoms with E-state index in [-0.39, 0.29) is 10.6 Å². The zero-order valence-electron chi connectivity index (χ0n) is 15.7. The smallest absolute Gasteiger partial charge is 0.328 e. The summed E-state index contributed by atoms with van der Waals surface area (Å²) >= 11 is 5.94. The second-order valence-electron chi connectivity index (χ2n) is 6.92. The Hall–Kier alpha value is -2.29. The molecule has 0 unspecified atom stereocenters. The highest BCUT2D eigenvalue weighted by Gasteiger charge is 2.29. The van der Waals surface area contributed by atoms with Crippen molar-refractivity contribution in [1.82, 2.24) is 13.4 Å². The molecule has 0 atom stereocenters. The minimum absolute atomic E-state index is 0.180. The van der Waals surface area contributed by atoms with Gasteiger partial charge in [0.1, 0.15) is 0 Å². The number of aryl methyl sites for hydroxylation is 2. The van der Waals surface area contributed by atoms with E-state index >= 15 is 0 Å². The van der Waals surface area contributed by atoms with Gasteiger partial charge in [-0.3, -0.25) is 9.13 Å². The number of aromatic nitrogens is 2. The van der Waals surface area contributed by atoms with Crippen molar-refractivity contribution in [2.45, 2.75) is 4.90 Å². The summed E-state index contributed by atoms with van der Waals surface area (Å²) in [5, 5.41) is 0.677. The first-order valence-corrected chi connectivity index (χ1v) is 10.8. The third-order valence-corrected chi connectivity index (χ3v) is 7.46. The highest BCUT2D eigenvalue weighted by atomic mass is 35.5. The lowest BCUT2D eigenvalue weighted by Crippen LogP contribution is -2.48. The lowest BCUT2D eigenvalue weighted by molar-refractivity contribution is 0.385. The van der Waals surface area contributed by atoms with E-state index in [2.05, 4.69) is 4.90 Å². The number of fused-ring (bicyclic) bond motifs is 1. The Bertz CT molecular complexity index is 1190. The van der Waals surface area contributed by atoms with Gasteiger partial charge in [0, 0.05) is 51.0 Å². The molecule has 1 aliphatic rings. The molecule has 1 aromatic heterocycles. The summed E-state index contributed by atoms with van der Waals surface area (Å²) in [6, 6.07) is 12.4. The number of halogens is 1. The van der Waals surface area contributed by atoms with Crippen molar-refractivity contribution in [3.8, 4) is 0 Å². The first kappa shape index (κ1) is 19.0. The van der Waals surface area contributed by atoms with Crippen LogP contribution in [0.4, 0.5) is 5.69 Å².